The molecule has 3 heteroatoms. The second-order valence-corrected chi connectivity index (χ2v) is 5.48. The van der Waals surface area contributed by atoms with Crippen LogP contribution in [-0.4, -0.2) is 17.5 Å². The third-order valence-electron chi connectivity index (χ3n) is 4.03. The van der Waals surface area contributed by atoms with Crippen molar-refractivity contribution in [3.05, 3.63) is 35.6 Å². The maximum Gasteiger partial charge on any atom is 0.220 e. The molecule has 1 heterocycles. The second-order valence-electron chi connectivity index (χ2n) is 5.48. The van der Waals surface area contributed by atoms with Crippen LogP contribution in [0.25, 0.3) is 0 Å². The molecule has 2 rings (SSSR count). The van der Waals surface area contributed by atoms with Gasteiger partial charge in [0, 0.05) is 0 Å². The van der Waals surface area contributed by atoms with Gasteiger partial charge in [0.05, 0.1) is 11.6 Å². The normalized spacial score (nSPS) is 21.4. The van der Waals surface area contributed by atoms with Crippen molar-refractivity contribution in [3.8, 4) is 0 Å². The Labute approximate surface area is 114 Å². The van der Waals surface area contributed by atoms with Gasteiger partial charge in [-0.15, -0.1) is 0 Å². The lowest BCUT2D eigenvalue weighted by molar-refractivity contribution is 0.0341. The van der Waals surface area contributed by atoms with Gasteiger partial charge in [-0.2, -0.15) is 0 Å². The summed E-state index contributed by atoms with van der Waals surface area (Å²) in [4.78, 5) is 4.67. The number of hydrogen-bond donors (Lipinski definition) is 0. The van der Waals surface area contributed by atoms with Crippen molar-refractivity contribution < 1.29 is 9.13 Å². The Balaban J connectivity index is 2.40. The molecular formula is C16H22FNO. The quantitative estimate of drug-likeness (QED) is 0.798. The number of nitrogens with zero attached hydrogens (tertiary/aromatic N) is 1. The van der Waals surface area contributed by atoms with Crippen molar-refractivity contribution in [1.29, 1.82) is 0 Å². The lowest BCUT2D eigenvalue weighted by Crippen LogP contribution is -2.42. The molecule has 0 aliphatic carbocycles. The Morgan fingerprint density at radius 3 is 2.37 bits per heavy atom. The smallest absolute Gasteiger partial charge is 0.220 e. The summed E-state index contributed by atoms with van der Waals surface area (Å²) in [6.07, 6.45) is 1.77. The number of halogens is 1. The van der Waals surface area contributed by atoms with Gasteiger partial charge in [0.25, 0.3) is 0 Å². The largest absolute Gasteiger partial charge is 0.469 e. The molecule has 0 fully saturated rings. The standard InChI is InChI=1S/C16H22FNO/c1-5-16(6-2)14(11(3)4)18-15(19-16)12-9-7-8-10-13(12)17/h7-11,14H,5-6H2,1-4H3/t14-/m0/s1. The van der Waals surface area contributed by atoms with Crippen LogP contribution in [0.15, 0.2) is 29.3 Å². The highest BCUT2D eigenvalue weighted by molar-refractivity contribution is 5.96. The first-order valence-electron chi connectivity index (χ1n) is 7.05. The first kappa shape index (κ1) is 14.0. The van der Waals surface area contributed by atoms with Crippen molar-refractivity contribution in [2.45, 2.75) is 52.2 Å². The second kappa shape index (κ2) is 5.32. The minimum absolute atomic E-state index is 0.0945. The Morgan fingerprint density at radius 2 is 1.89 bits per heavy atom. The number of aliphatic imine (C=N–C) groups is 1. The maximum absolute atomic E-state index is 13.9. The predicted octanol–water partition coefficient (Wildman–Crippen LogP) is 4.19. The highest BCUT2D eigenvalue weighted by Crippen LogP contribution is 2.38. The Morgan fingerprint density at radius 1 is 1.26 bits per heavy atom. The van der Waals surface area contributed by atoms with E-state index in [1.165, 1.54) is 6.07 Å². The van der Waals surface area contributed by atoms with Crippen molar-refractivity contribution in [2.75, 3.05) is 0 Å². The van der Waals surface area contributed by atoms with E-state index in [1.807, 2.05) is 6.07 Å². The summed E-state index contributed by atoms with van der Waals surface area (Å²) in [6, 6.07) is 6.77. The van der Waals surface area contributed by atoms with Gasteiger partial charge in [-0.1, -0.05) is 39.8 Å². The highest BCUT2D eigenvalue weighted by Gasteiger charge is 2.45. The van der Waals surface area contributed by atoms with Crippen molar-refractivity contribution >= 4 is 5.90 Å². The molecule has 1 aromatic carbocycles. The van der Waals surface area contributed by atoms with Crippen molar-refractivity contribution in [1.82, 2.24) is 0 Å². The summed E-state index contributed by atoms with van der Waals surface area (Å²) in [5.74, 6) is 0.566. The van der Waals surface area contributed by atoms with Crippen LogP contribution in [-0.2, 0) is 4.74 Å². The minimum atomic E-state index is -0.286. The van der Waals surface area contributed by atoms with E-state index in [-0.39, 0.29) is 17.5 Å². The molecule has 0 bridgehead atoms. The van der Waals surface area contributed by atoms with Crippen LogP contribution in [0, 0.1) is 11.7 Å². The molecule has 1 aliphatic heterocycles. The fraction of sp³-hybridized carbons (Fsp3) is 0.562. The average Bonchev–Trinajstić information content (AvgIpc) is 2.79. The summed E-state index contributed by atoms with van der Waals surface area (Å²) in [6.45, 7) is 8.50. The molecule has 0 radical (unpaired) electrons. The third-order valence-corrected chi connectivity index (χ3v) is 4.03. The SMILES string of the molecule is CCC1(CC)OC(c2ccccc2F)=N[C@H]1C(C)C. The molecular weight excluding hydrogens is 241 g/mol. The summed E-state index contributed by atoms with van der Waals surface area (Å²) < 4.78 is 20.0. The Bertz CT molecular complexity index is 477. The van der Waals surface area contributed by atoms with E-state index in [4.69, 9.17) is 4.74 Å². The van der Waals surface area contributed by atoms with Gasteiger partial charge in [0.2, 0.25) is 5.90 Å². The number of ether oxygens (including phenoxy) is 1. The lowest BCUT2D eigenvalue weighted by atomic mass is 9.83. The fourth-order valence-corrected chi connectivity index (χ4v) is 2.85. The van der Waals surface area contributed by atoms with Gasteiger partial charge in [0.15, 0.2) is 0 Å². The molecule has 19 heavy (non-hydrogen) atoms. The van der Waals surface area contributed by atoms with Crippen LogP contribution < -0.4 is 0 Å². The van der Waals surface area contributed by atoms with E-state index in [0.29, 0.717) is 17.4 Å². The van der Waals surface area contributed by atoms with E-state index in [2.05, 4.69) is 32.7 Å². The number of benzene rings is 1. The topological polar surface area (TPSA) is 21.6 Å². The monoisotopic (exact) mass is 263 g/mol. The molecule has 2 nitrogen and oxygen atoms in total. The van der Waals surface area contributed by atoms with Crippen LogP contribution in [0.5, 0.6) is 0 Å². The van der Waals surface area contributed by atoms with Gasteiger partial charge in [-0.3, -0.25) is 0 Å². The van der Waals surface area contributed by atoms with E-state index in [9.17, 15) is 4.39 Å². The molecule has 0 spiro atoms. The third kappa shape index (κ3) is 2.38. The Kier molecular flexibility index (Phi) is 3.93. The average molecular weight is 263 g/mol. The molecule has 0 saturated carbocycles. The zero-order valence-corrected chi connectivity index (χ0v) is 12.1. The molecule has 0 unspecified atom stereocenters. The molecule has 0 saturated heterocycles. The van der Waals surface area contributed by atoms with Crippen LogP contribution in [0.1, 0.15) is 46.1 Å². The van der Waals surface area contributed by atoms with E-state index < -0.39 is 0 Å². The zero-order valence-electron chi connectivity index (χ0n) is 12.1. The van der Waals surface area contributed by atoms with Gasteiger partial charge >= 0.3 is 0 Å². The molecule has 1 aromatic rings. The van der Waals surface area contributed by atoms with E-state index in [1.54, 1.807) is 12.1 Å². The highest BCUT2D eigenvalue weighted by atomic mass is 19.1. The van der Waals surface area contributed by atoms with Gasteiger partial charge in [0.1, 0.15) is 11.4 Å². The Hall–Kier alpha value is -1.38. The van der Waals surface area contributed by atoms with Crippen molar-refractivity contribution in [2.24, 2.45) is 10.9 Å². The number of hydrogen-bond acceptors (Lipinski definition) is 2. The molecule has 1 atom stereocenters. The van der Waals surface area contributed by atoms with Gasteiger partial charge in [-0.05, 0) is 30.9 Å². The van der Waals surface area contributed by atoms with E-state index >= 15 is 0 Å². The molecule has 0 N–H and O–H groups in total. The molecule has 104 valence electrons. The molecule has 0 aromatic heterocycles. The van der Waals surface area contributed by atoms with Gasteiger partial charge in [-0.25, -0.2) is 9.38 Å². The van der Waals surface area contributed by atoms with E-state index in [0.717, 1.165) is 12.8 Å². The first-order valence-corrected chi connectivity index (χ1v) is 7.05. The summed E-state index contributed by atoms with van der Waals surface area (Å²) in [5, 5.41) is 0. The lowest BCUT2D eigenvalue weighted by Gasteiger charge is -2.33. The predicted molar refractivity (Wildman–Crippen MR) is 76.0 cm³/mol. The van der Waals surface area contributed by atoms with Crippen molar-refractivity contribution in [3.63, 3.8) is 0 Å². The minimum Gasteiger partial charge on any atom is -0.469 e. The molecule has 0 amide bonds. The van der Waals surface area contributed by atoms with Gasteiger partial charge < -0.3 is 4.74 Å². The van der Waals surface area contributed by atoms with Crippen LogP contribution in [0.3, 0.4) is 0 Å². The zero-order chi connectivity index (χ0) is 14.0. The maximum atomic E-state index is 13.9. The summed E-state index contributed by atoms with van der Waals surface area (Å²) in [5.41, 5.74) is 0.183. The van der Waals surface area contributed by atoms with Crippen LogP contribution in [0.2, 0.25) is 0 Å². The van der Waals surface area contributed by atoms with Crippen LogP contribution in [0.4, 0.5) is 4.39 Å². The summed E-state index contributed by atoms with van der Waals surface area (Å²) >= 11 is 0. The summed E-state index contributed by atoms with van der Waals surface area (Å²) in [7, 11) is 0. The first-order chi connectivity index (χ1) is 9.04. The number of rotatable bonds is 4. The van der Waals surface area contributed by atoms with Crippen LogP contribution >= 0.6 is 0 Å². The molecule has 1 aliphatic rings. The fourth-order valence-electron chi connectivity index (χ4n) is 2.85.